The number of halogens is 1. The van der Waals surface area contributed by atoms with Gasteiger partial charge in [-0.1, -0.05) is 41.1 Å². The standard InChI is InChI=1S/C17H16ClN5O2S2/c1-11-2-8-14(9-3-11)27(24,25)23-22-16-15(19)17(21-10-20-16)26-13-6-4-12(18)5-7-13/h2-10,23H,19H2,1H3,(H,20,21,22). The number of hydrazine groups is 1. The van der Waals surface area contributed by atoms with E-state index in [0.29, 0.717) is 10.0 Å². The number of nitrogen functional groups attached to an aromatic ring is 1. The number of rotatable bonds is 6. The Bertz CT molecular complexity index is 1040. The Labute approximate surface area is 166 Å². The number of benzene rings is 2. The molecule has 0 saturated carbocycles. The van der Waals surface area contributed by atoms with E-state index in [4.69, 9.17) is 17.3 Å². The van der Waals surface area contributed by atoms with Crippen LogP contribution in [0.3, 0.4) is 0 Å². The van der Waals surface area contributed by atoms with E-state index in [1.54, 1.807) is 24.3 Å². The van der Waals surface area contributed by atoms with Crippen molar-refractivity contribution in [3.8, 4) is 0 Å². The minimum absolute atomic E-state index is 0.129. The average molecular weight is 422 g/mol. The monoisotopic (exact) mass is 421 g/mol. The second-order valence-corrected chi connectivity index (χ2v) is 8.72. The van der Waals surface area contributed by atoms with Gasteiger partial charge in [0, 0.05) is 9.92 Å². The van der Waals surface area contributed by atoms with E-state index in [-0.39, 0.29) is 16.4 Å². The lowest BCUT2D eigenvalue weighted by Gasteiger charge is -2.12. The van der Waals surface area contributed by atoms with Gasteiger partial charge in [0.25, 0.3) is 10.0 Å². The highest BCUT2D eigenvalue weighted by molar-refractivity contribution is 7.99. The first-order valence-electron chi connectivity index (χ1n) is 7.73. The third kappa shape index (κ3) is 4.89. The third-order valence-electron chi connectivity index (χ3n) is 3.51. The second kappa shape index (κ2) is 8.13. The van der Waals surface area contributed by atoms with E-state index in [0.717, 1.165) is 10.5 Å². The fourth-order valence-corrected chi connectivity index (χ4v) is 3.84. The van der Waals surface area contributed by atoms with Crippen LogP contribution in [0.25, 0.3) is 0 Å². The molecule has 3 aromatic rings. The molecule has 3 rings (SSSR count). The van der Waals surface area contributed by atoms with Crippen LogP contribution < -0.4 is 16.0 Å². The number of aromatic nitrogens is 2. The fourth-order valence-electron chi connectivity index (χ4n) is 2.07. The van der Waals surface area contributed by atoms with Crippen molar-refractivity contribution in [3.05, 3.63) is 65.4 Å². The van der Waals surface area contributed by atoms with Crippen LogP contribution in [-0.2, 0) is 10.0 Å². The van der Waals surface area contributed by atoms with Gasteiger partial charge in [0.1, 0.15) is 17.0 Å². The number of hydrogen-bond acceptors (Lipinski definition) is 7. The Balaban J connectivity index is 1.75. The summed E-state index contributed by atoms with van der Waals surface area (Å²) in [5, 5.41) is 1.12. The molecule has 0 amide bonds. The summed E-state index contributed by atoms with van der Waals surface area (Å²) < 4.78 is 24.7. The predicted molar refractivity (Wildman–Crippen MR) is 107 cm³/mol. The molecule has 140 valence electrons. The van der Waals surface area contributed by atoms with Crippen LogP contribution in [-0.4, -0.2) is 18.4 Å². The van der Waals surface area contributed by atoms with Gasteiger partial charge in [0.05, 0.1) is 4.90 Å². The van der Waals surface area contributed by atoms with Gasteiger partial charge in [0.2, 0.25) is 0 Å². The number of anilines is 2. The Morgan fingerprint density at radius 1 is 1.04 bits per heavy atom. The van der Waals surface area contributed by atoms with Crippen LogP contribution >= 0.6 is 23.4 Å². The van der Waals surface area contributed by atoms with Crippen molar-refractivity contribution >= 4 is 44.9 Å². The van der Waals surface area contributed by atoms with Gasteiger partial charge in [-0.25, -0.2) is 18.4 Å². The molecule has 27 heavy (non-hydrogen) atoms. The summed E-state index contributed by atoms with van der Waals surface area (Å²) >= 11 is 7.20. The van der Waals surface area contributed by atoms with Crippen molar-refractivity contribution in [3.63, 3.8) is 0 Å². The van der Waals surface area contributed by atoms with Crippen molar-refractivity contribution in [1.29, 1.82) is 0 Å². The van der Waals surface area contributed by atoms with Crippen molar-refractivity contribution in [1.82, 2.24) is 14.8 Å². The molecular formula is C17H16ClN5O2S2. The van der Waals surface area contributed by atoms with Gasteiger partial charge < -0.3 is 5.73 Å². The van der Waals surface area contributed by atoms with Crippen LogP contribution in [0.4, 0.5) is 11.5 Å². The first-order chi connectivity index (χ1) is 12.8. The van der Waals surface area contributed by atoms with Crippen molar-refractivity contribution in [2.45, 2.75) is 21.7 Å². The Hall–Kier alpha value is -2.33. The van der Waals surface area contributed by atoms with Crippen molar-refractivity contribution < 1.29 is 8.42 Å². The van der Waals surface area contributed by atoms with Gasteiger partial charge in [-0.05, 0) is 43.3 Å². The van der Waals surface area contributed by atoms with Crippen LogP contribution in [0.15, 0.2) is 69.7 Å². The molecular weight excluding hydrogens is 406 g/mol. The minimum atomic E-state index is -3.77. The topological polar surface area (TPSA) is 110 Å². The zero-order valence-electron chi connectivity index (χ0n) is 14.2. The van der Waals surface area contributed by atoms with E-state index >= 15 is 0 Å². The van der Waals surface area contributed by atoms with Crippen LogP contribution in [0.5, 0.6) is 0 Å². The molecule has 7 nitrogen and oxygen atoms in total. The zero-order valence-corrected chi connectivity index (χ0v) is 16.6. The smallest absolute Gasteiger partial charge is 0.257 e. The number of nitrogens with one attached hydrogen (secondary N) is 2. The molecule has 0 spiro atoms. The number of nitrogens with two attached hydrogens (primary N) is 1. The number of nitrogens with zero attached hydrogens (tertiary/aromatic N) is 2. The summed E-state index contributed by atoms with van der Waals surface area (Å²) in [6, 6.07) is 13.7. The molecule has 0 aliphatic heterocycles. The number of aryl methyl sites for hydroxylation is 1. The molecule has 1 aromatic heterocycles. The molecule has 0 bridgehead atoms. The van der Waals surface area contributed by atoms with Crippen LogP contribution in [0.1, 0.15) is 5.56 Å². The summed E-state index contributed by atoms with van der Waals surface area (Å²) in [6.07, 6.45) is 1.30. The molecule has 0 aliphatic rings. The molecule has 10 heteroatoms. The molecule has 0 atom stereocenters. The fraction of sp³-hybridized carbons (Fsp3) is 0.0588. The van der Waals surface area contributed by atoms with Crippen molar-refractivity contribution in [2.24, 2.45) is 0 Å². The average Bonchev–Trinajstić information content (AvgIpc) is 2.64. The highest BCUT2D eigenvalue weighted by Crippen LogP contribution is 2.33. The van der Waals surface area contributed by atoms with Gasteiger partial charge in [-0.3, -0.25) is 5.43 Å². The summed E-state index contributed by atoms with van der Waals surface area (Å²) in [7, 11) is -3.77. The van der Waals surface area contributed by atoms with Crippen LogP contribution in [0.2, 0.25) is 5.02 Å². The first-order valence-corrected chi connectivity index (χ1v) is 10.4. The lowest BCUT2D eigenvalue weighted by atomic mass is 10.2. The Kier molecular flexibility index (Phi) is 5.85. The van der Waals surface area contributed by atoms with Gasteiger partial charge >= 0.3 is 0 Å². The molecule has 4 N–H and O–H groups in total. The van der Waals surface area contributed by atoms with Gasteiger partial charge in [0.15, 0.2) is 5.82 Å². The lowest BCUT2D eigenvalue weighted by molar-refractivity contribution is 0.587. The summed E-state index contributed by atoms with van der Waals surface area (Å²) in [4.78, 5) is 11.4. The van der Waals surface area contributed by atoms with Gasteiger partial charge in [-0.15, -0.1) is 4.83 Å². The maximum Gasteiger partial charge on any atom is 0.257 e. The van der Waals surface area contributed by atoms with E-state index < -0.39 is 10.0 Å². The SMILES string of the molecule is Cc1ccc(S(=O)(=O)NNc2ncnc(Sc3ccc(Cl)cc3)c2N)cc1. The number of hydrogen-bond donors (Lipinski definition) is 3. The summed E-state index contributed by atoms with van der Waals surface area (Å²) in [5.41, 5.74) is 9.82. The van der Waals surface area contributed by atoms with E-state index in [1.807, 2.05) is 19.1 Å². The summed E-state index contributed by atoms with van der Waals surface area (Å²) in [5.74, 6) is 0.164. The Morgan fingerprint density at radius 2 is 1.70 bits per heavy atom. The maximum absolute atomic E-state index is 12.4. The van der Waals surface area contributed by atoms with Gasteiger partial charge in [-0.2, -0.15) is 0 Å². The largest absolute Gasteiger partial charge is 0.393 e. The third-order valence-corrected chi connectivity index (χ3v) is 6.05. The van der Waals surface area contributed by atoms with Crippen LogP contribution in [0, 0.1) is 6.92 Å². The molecule has 0 fully saturated rings. The quantitative estimate of drug-likeness (QED) is 0.412. The van der Waals surface area contributed by atoms with E-state index in [9.17, 15) is 8.42 Å². The second-order valence-electron chi connectivity index (χ2n) is 5.54. The molecule has 1 heterocycles. The molecule has 2 aromatic carbocycles. The number of sulfonamides is 1. The van der Waals surface area contributed by atoms with E-state index in [1.165, 1.54) is 30.2 Å². The normalized spacial score (nSPS) is 11.3. The van der Waals surface area contributed by atoms with E-state index in [2.05, 4.69) is 20.2 Å². The maximum atomic E-state index is 12.4. The predicted octanol–water partition coefficient (Wildman–Crippen LogP) is 3.48. The molecule has 0 saturated heterocycles. The first kappa shape index (κ1) is 19.4. The zero-order chi connectivity index (χ0) is 19.4. The minimum Gasteiger partial charge on any atom is -0.393 e. The lowest BCUT2D eigenvalue weighted by Crippen LogP contribution is -2.30. The van der Waals surface area contributed by atoms with Crippen molar-refractivity contribution in [2.75, 3.05) is 11.2 Å². The molecule has 0 unspecified atom stereocenters. The summed E-state index contributed by atoms with van der Waals surface area (Å²) in [6.45, 7) is 1.88. The highest BCUT2D eigenvalue weighted by Gasteiger charge is 2.16. The molecule has 0 aliphatic carbocycles. The highest BCUT2D eigenvalue weighted by atomic mass is 35.5. The molecule has 0 radical (unpaired) electrons. The Morgan fingerprint density at radius 3 is 2.37 bits per heavy atom.